The molecule has 194 valence electrons. The average Bonchev–Trinajstić information content (AvgIpc) is 2.78. The Morgan fingerprint density at radius 1 is 0.375 bits per heavy atom. The third-order valence-electron chi connectivity index (χ3n) is 7.42. The van der Waals surface area contributed by atoms with Gasteiger partial charge in [-0.1, -0.05) is 168 Å². The highest BCUT2D eigenvalue weighted by Crippen LogP contribution is 2.22. The minimum Gasteiger partial charge on any atom is -0.309 e. The van der Waals surface area contributed by atoms with Crippen molar-refractivity contribution in [2.75, 3.05) is 20.6 Å². The Bertz CT molecular complexity index is 324. The van der Waals surface area contributed by atoms with Crippen LogP contribution < -0.4 is 0 Å². The normalized spacial score (nSPS) is 12.7. The number of hydrogen-bond donors (Lipinski definition) is 0. The van der Waals surface area contributed by atoms with Gasteiger partial charge in [0.15, 0.2) is 0 Å². The molecule has 0 rings (SSSR count). The lowest BCUT2D eigenvalue weighted by atomic mass is 9.91. The molecule has 0 aromatic rings. The summed E-state index contributed by atoms with van der Waals surface area (Å²) in [5.41, 5.74) is 0. The summed E-state index contributed by atoms with van der Waals surface area (Å²) in [6, 6.07) is 0. The molecule has 0 bridgehead atoms. The Balaban J connectivity index is 3.61. The Morgan fingerprint density at radius 2 is 0.656 bits per heavy atom. The molecular weight excluding hydrogens is 386 g/mol. The molecule has 1 unspecified atom stereocenters. The van der Waals surface area contributed by atoms with Crippen molar-refractivity contribution in [3.63, 3.8) is 0 Å². The minimum absolute atomic E-state index is 0.981. The van der Waals surface area contributed by atoms with Gasteiger partial charge in [0, 0.05) is 0 Å². The van der Waals surface area contributed by atoms with Gasteiger partial charge in [0.2, 0.25) is 0 Å². The Hall–Kier alpha value is -0.0400. The first-order chi connectivity index (χ1) is 15.7. The SMILES string of the molecule is CCCCCCCCCCCCCCC(CCCCCCCCCCCC)CCN(C)C. The predicted molar refractivity (Wildman–Crippen MR) is 149 cm³/mol. The van der Waals surface area contributed by atoms with E-state index in [1.807, 2.05) is 0 Å². The zero-order valence-electron chi connectivity index (χ0n) is 23.4. The Morgan fingerprint density at radius 3 is 0.938 bits per heavy atom. The summed E-state index contributed by atoms with van der Waals surface area (Å²) in [6.07, 6.45) is 36.6. The van der Waals surface area contributed by atoms with Gasteiger partial charge in [-0.25, -0.2) is 0 Å². The zero-order valence-corrected chi connectivity index (χ0v) is 23.4. The van der Waals surface area contributed by atoms with E-state index in [1.54, 1.807) is 0 Å². The monoisotopic (exact) mass is 452 g/mol. The predicted octanol–water partition coefficient (Wildman–Crippen LogP) is 11.0. The molecular formula is C31H65N. The van der Waals surface area contributed by atoms with Gasteiger partial charge in [0.1, 0.15) is 0 Å². The summed E-state index contributed by atoms with van der Waals surface area (Å²) < 4.78 is 0. The molecule has 0 amide bonds. The van der Waals surface area contributed by atoms with Gasteiger partial charge in [0.25, 0.3) is 0 Å². The van der Waals surface area contributed by atoms with Crippen molar-refractivity contribution in [2.24, 2.45) is 5.92 Å². The van der Waals surface area contributed by atoms with Crippen LogP contribution in [0.3, 0.4) is 0 Å². The highest BCUT2D eigenvalue weighted by atomic mass is 15.0. The maximum atomic E-state index is 2.38. The van der Waals surface area contributed by atoms with Gasteiger partial charge < -0.3 is 4.90 Å². The molecule has 0 radical (unpaired) electrons. The number of unbranched alkanes of at least 4 members (excludes halogenated alkanes) is 20. The van der Waals surface area contributed by atoms with Crippen molar-refractivity contribution >= 4 is 0 Å². The topological polar surface area (TPSA) is 3.24 Å². The second-order valence-corrected chi connectivity index (χ2v) is 11.1. The summed E-state index contributed by atoms with van der Waals surface area (Å²) >= 11 is 0. The van der Waals surface area contributed by atoms with Crippen molar-refractivity contribution < 1.29 is 0 Å². The van der Waals surface area contributed by atoms with Crippen molar-refractivity contribution in [2.45, 2.75) is 174 Å². The molecule has 0 aliphatic heterocycles. The maximum absolute atomic E-state index is 2.38. The lowest BCUT2D eigenvalue weighted by Gasteiger charge is -2.19. The molecule has 0 aromatic heterocycles. The fourth-order valence-electron chi connectivity index (χ4n) is 5.07. The van der Waals surface area contributed by atoms with Crippen LogP contribution in [-0.2, 0) is 0 Å². The van der Waals surface area contributed by atoms with E-state index in [-0.39, 0.29) is 0 Å². The quantitative estimate of drug-likeness (QED) is 0.112. The first kappa shape index (κ1) is 32.0. The second-order valence-electron chi connectivity index (χ2n) is 11.1. The third kappa shape index (κ3) is 26.2. The summed E-state index contributed by atoms with van der Waals surface area (Å²) in [4.78, 5) is 2.38. The fraction of sp³-hybridized carbons (Fsp3) is 1.00. The standard InChI is InChI=1S/C31H65N/c1-5-7-9-11-13-15-17-18-20-22-24-26-28-31(29-30-32(3)4)27-25-23-21-19-16-14-12-10-8-6-2/h31H,5-30H2,1-4H3. The van der Waals surface area contributed by atoms with Crippen LogP contribution in [0.1, 0.15) is 174 Å². The summed E-state index contributed by atoms with van der Waals surface area (Å²) in [5, 5.41) is 0. The molecule has 1 heteroatoms. The largest absolute Gasteiger partial charge is 0.309 e. The smallest absolute Gasteiger partial charge is 0.00222 e. The lowest BCUT2D eigenvalue weighted by molar-refractivity contribution is 0.314. The van der Waals surface area contributed by atoms with E-state index < -0.39 is 0 Å². The summed E-state index contributed by atoms with van der Waals surface area (Å²) in [6.45, 7) is 5.90. The van der Waals surface area contributed by atoms with Crippen molar-refractivity contribution in [3.05, 3.63) is 0 Å². The van der Waals surface area contributed by atoms with Crippen LogP contribution in [0.5, 0.6) is 0 Å². The van der Waals surface area contributed by atoms with Gasteiger partial charge >= 0.3 is 0 Å². The van der Waals surface area contributed by atoms with E-state index in [0.717, 1.165) is 5.92 Å². The van der Waals surface area contributed by atoms with Gasteiger partial charge in [0.05, 0.1) is 0 Å². The molecule has 0 spiro atoms. The molecule has 0 saturated heterocycles. The van der Waals surface area contributed by atoms with Crippen molar-refractivity contribution in [3.8, 4) is 0 Å². The number of rotatable bonds is 27. The Labute approximate surface area is 205 Å². The summed E-state index contributed by atoms with van der Waals surface area (Å²) in [7, 11) is 4.47. The third-order valence-corrected chi connectivity index (χ3v) is 7.42. The van der Waals surface area contributed by atoms with E-state index in [0.29, 0.717) is 0 Å². The molecule has 0 aromatic carbocycles. The van der Waals surface area contributed by atoms with E-state index in [1.165, 1.54) is 167 Å². The highest BCUT2D eigenvalue weighted by Gasteiger charge is 2.09. The van der Waals surface area contributed by atoms with Crippen molar-refractivity contribution in [1.82, 2.24) is 4.90 Å². The number of hydrogen-bond acceptors (Lipinski definition) is 1. The van der Waals surface area contributed by atoms with E-state index >= 15 is 0 Å². The minimum atomic E-state index is 0.981. The highest BCUT2D eigenvalue weighted by molar-refractivity contribution is 4.63. The van der Waals surface area contributed by atoms with Gasteiger partial charge in [-0.2, -0.15) is 0 Å². The summed E-state index contributed by atoms with van der Waals surface area (Å²) in [5.74, 6) is 0.981. The van der Waals surface area contributed by atoms with Gasteiger partial charge in [-0.05, 0) is 33.0 Å². The molecule has 1 nitrogen and oxygen atoms in total. The molecule has 0 aliphatic carbocycles. The van der Waals surface area contributed by atoms with Crippen LogP contribution >= 0.6 is 0 Å². The van der Waals surface area contributed by atoms with Crippen LogP contribution in [0.4, 0.5) is 0 Å². The van der Waals surface area contributed by atoms with Gasteiger partial charge in [-0.15, -0.1) is 0 Å². The molecule has 0 aliphatic rings. The molecule has 0 fully saturated rings. The zero-order chi connectivity index (χ0) is 23.5. The fourth-order valence-corrected chi connectivity index (χ4v) is 5.07. The number of nitrogens with zero attached hydrogens (tertiary/aromatic N) is 1. The van der Waals surface area contributed by atoms with Crippen LogP contribution in [0, 0.1) is 5.92 Å². The second kappa shape index (κ2) is 27.2. The van der Waals surface area contributed by atoms with Crippen LogP contribution in [0.15, 0.2) is 0 Å². The Kier molecular flexibility index (Phi) is 27.2. The molecule has 0 heterocycles. The lowest BCUT2D eigenvalue weighted by Crippen LogP contribution is -2.17. The van der Waals surface area contributed by atoms with E-state index in [9.17, 15) is 0 Å². The molecule has 32 heavy (non-hydrogen) atoms. The van der Waals surface area contributed by atoms with E-state index in [2.05, 4.69) is 32.8 Å². The van der Waals surface area contributed by atoms with Crippen LogP contribution in [0.25, 0.3) is 0 Å². The van der Waals surface area contributed by atoms with Crippen LogP contribution in [-0.4, -0.2) is 25.5 Å². The molecule has 0 saturated carbocycles. The van der Waals surface area contributed by atoms with Crippen molar-refractivity contribution in [1.29, 1.82) is 0 Å². The maximum Gasteiger partial charge on any atom is -0.00222 e. The average molecular weight is 452 g/mol. The molecule has 0 N–H and O–H groups in total. The van der Waals surface area contributed by atoms with E-state index in [4.69, 9.17) is 0 Å². The first-order valence-corrected chi connectivity index (χ1v) is 15.3. The molecule has 1 atom stereocenters. The first-order valence-electron chi connectivity index (χ1n) is 15.3. The van der Waals surface area contributed by atoms with Crippen LogP contribution in [0.2, 0.25) is 0 Å². The van der Waals surface area contributed by atoms with Gasteiger partial charge in [-0.3, -0.25) is 0 Å².